The Hall–Kier alpha value is -7.48. The number of rotatable bonds is 6. The molecular formula is C59H41N. The topological polar surface area (TPSA) is 3.24 Å². The summed E-state index contributed by atoms with van der Waals surface area (Å²) in [5.74, 6) is 0. The summed E-state index contributed by atoms with van der Waals surface area (Å²) in [6, 6.07) is 70.4. The summed E-state index contributed by atoms with van der Waals surface area (Å²) in [6.45, 7) is 6.44. The molecule has 0 N–H and O–H groups in total. The SMILES string of the molecule is Cc1ccc(C(=Cc2ccc(N(c3ccc(C)cc3)c3ccc4c5ccc6c7cccc8cccc(c9ccc(c%10cccc3c%104)c5c96)c87)cc2)c2ccc(C)cc2)cc1. The Balaban J connectivity index is 1.05. The van der Waals surface area contributed by atoms with E-state index in [-0.39, 0.29) is 0 Å². The van der Waals surface area contributed by atoms with E-state index in [1.807, 2.05) is 0 Å². The maximum atomic E-state index is 2.43. The highest BCUT2D eigenvalue weighted by Gasteiger charge is 2.22. The molecular weight excluding hydrogens is 723 g/mol. The maximum absolute atomic E-state index is 2.43. The van der Waals surface area contributed by atoms with E-state index in [0.717, 1.165) is 22.6 Å². The van der Waals surface area contributed by atoms with Gasteiger partial charge in [0.15, 0.2) is 0 Å². The van der Waals surface area contributed by atoms with Crippen LogP contribution in [-0.2, 0) is 0 Å². The first-order valence-electron chi connectivity index (χ1n) is 21.0. The summed E-state index contributed by atoms with van der Waals surface area (Å²) in [4.78, 5) is 2.43. The van der Waals surface area contributed by atoms with Crippen molar-refractivity contribution in [2.24, 2.45) is 0 Å². The lowest BCUT2D eigenvalue weighted by atomic mass is 9.84. The second-order valence-corrected chi connectivity index (χ2v) is 16.7. The van der Waals surface area contributed by atoms with Crippen LogP contribution < -0.4 is 4.90 Å². The molecule has 0 spiro atoms. The van der Waals surface area contributed by atoms with Crippen molar-refractivity contribution in [2.45, 2.75) is 20.8 Å². The Morgan fingerprint density at radius 1 is 0.333 bits per heavy atom. The molecule has 12 aromatic rings. The van der Waals surface area contributed by atoms with E-state index in [4.69, 9.17) is 0 Å². The predicted octanol–water partition coefficient (Wildman–Crippen LogP) is 16.6. The Morgan fingerprint density at radius 3 is 1.23 bits per heavy atom. The highest BCUT2D eigenvalue weighted by Crippen LogP contribution is 2.49. The molecule has 12 rings (SSSR count). The molecule has 1 nitrogen and oxygen atoms in total. The fourth-order valence-corrected chi connectivity index (χ4v) is 10.0. The summed E-state index contributed by atoms with van der Waals surface area (Å²) in [5, 5.41) is 18.4. The maximum Gasteiger partial charge on any atom is 0.0540 e. The molecule has 60 heavy (non-hydrogen) atoms. The summed E-state index contributed by atoms with van der Waals surface area (Å²) >= 11 is 0. The van der Waals surface area contributed by atoms with Crippen LogP contribution in [0.5, 0.6) is 0 Å². The summed E-state index contributed by atoms with van der Waals surface area (Å²) in [6.07, 6.45) is 2.32. The van der Waals surface area contributed by atoms with Gasteiger partial charge in [0.25, 0.3) is 0 Å². The minimum Gasteiger partial charge on any atom is -0.310 e. The normalized spacial score (nSPS) is 11.9. The van der Waals surface area contributed by atoms with E-state index in [9.17, 15) is 0 Å². The molecule has 0 saturated carbocycles. The Labute approximate surface area is 349 Å². The zero-order chi connectivity index (χ0) is 40.1. The number of hydrogen-bond donors (Lipinski definition) is 0. The highest BCUT2D eigenvalue weighted by atomic mass is 15.1. The van der Waals surface area contributed by atoms with E-state index in [1.165, 1.54) is 109 Å². The quantitative estimate of drug-likeness (QED) is 0.0926. The first kappa shape index (κ1) is 34.6. The van der Waals surface area contributed by atoms with Crippen LogP contribution in [0.1, 0.15) is 33.4 Å². The molecule has 0 heterocycles. The van der Waals surface area contributed by atoms with Crippen molar-refractivity contribution in [1.82, 2.24) is 0 Å². The van der Waals surface area contributed by atoms with E-state index >= 15 is 0 Å². The molecule has 0 unspecified atom stereocenters. The average molecular weight is 764 g/mol. The van der Waals surface area contributed by atoms with Crippen LogP contribution in [0.25, 0.3) is 87.1 Å². The smallest absolute Gasteiger partial charge is 0.0540 e. The molecule has 0 saturated heterocycles. The van der Waals surface area contributed by atoms with Gasteiger partial charge in [-0.2, -0.15) is 0 Å². The van der Waals surface area contributed by atoms with Crippen LogP contribution >= 0.6 is 0 Å². The van der Waals surface area contributed by atoms with Gasteiger partial charge in [-0.1, -0.05) is 174 Å². The molecule has 0 aromatic heterocycles. The standard InChI is InChI=1S/C59H41N/c1-36-13-21-40(22-14-36)54(41-23-15-37(2)16-24-41)35-39-19-27-44(28-20-39)60(43-25-17-38(3)18-26-43)55-34-33-48-52-32-30-50-46-10-5-8-42-7-4-9-45(56(42)46)49-29-31-51(59(52)58(49)50)47-11-6-12-53(55)57(47)48/h4-35H,1-3H3. The van der Waals surface area contributed by atoms with Gasteiger partial charge >= 0.3 is 0 Å². The second-order valence-electron chi connectivity index (χ2n) is 16.7. The van der Waals surface area contributed by atoms with Gasteiger partial charge in [-0.3, -0.25) is 0 Å². The average Bonchev–Trinajstić information content (AvgIpc) is 3.29. The van der Waals surface area contributed by atoms with Gasteiger partial charge in [0.1, 0.15) is 0 Å². The molecule has 0 amide bonds. The largest absolute Gasteiger partial charge is 0.310 e. The molecule has 12 aromatic carbocycles. The lowest BCUT2D eigenvalue weighted by Gasteiger charge is -2.28. The van der Waals surface area contributed by atoms with Crippen molar-refractivity contribution < 1.29 is 0 Å². The third-order valence-corrected chi connectivity index (χ3v) is 13.0. The summed E-state index contributed by atoms with van der Waals surface area (Å²) in [7, 11) is 0. The second kappa shape index (κ2) is 13.3. The summed E-state index contributed by atoms with van der Waals surface area (Å²) < 4.78 is 0. The van der Waals surface area contributed by atoms with Crippen molar-refractivity contribution in [1.29, 1.82) is 0 Å². The zero-order valence-corrected chi connectivity index (χ0v) is 33.9. The lowest BCUT2D eigenvalue weighted by molar-refractivity contribution is 1.29. The predicted molar refractivity (Wildman–Crippen MR) is 260 cm³/mol. The number of anilines is 3. The molecule has 1 heteroatoms. The Bertz CT molecular complexity index is 3480. The third kappa shape index (κ3) is 5.26. The van der Waals surface area contributed by atoms with Crippen LogP contribution in [0, 0.1) is 20.8 Å². The van der Waals surface area contributed by atoms with Crippen molar-refractivity contribution in [2.75, 3.05) is 4.90 Å². The van der Waals surface area contributed by atoms with Gasteiger partial charge in [-0.25, -0.2) is 0 Å². The minimum absolute atomic E-state index is 1.12. The third-order valence-electron chi connectivity index (χ3n) is 13.0. The number of aryl methyl sites for hydroxylation is 3. The lowest BCUT2D eigenvalue weighted by Crippen LogP contribution is -2.10. The first-order valence-corrected chi connectivity index (χ1v) is 21.0. The van der Waals surface area contributed by atoms with Gasteiger partial charge in [0.2, 0.25) is 0 Å². The van der Waals surface area contributed by atoms with Crippen LogP contribution in [0.15, 0.2) is 188 Å². The van der Waals surface area contributed by atoms with Gasteiger partial charge < -0.3 is 4.90 Å². The van der Waals surface area contributed by atoms with E-state index in [1.54, 1.807) is 0 Å². The molecule has 0 radical (unpaired) electrons. The molecule has 0 bridgehead atoms. The Morgan fingerprint density at radius 2 is 0.717 bits per heavy atom. The number of hydrogen-bond acceptors (Lipinski definition) is 1. The molecule has 0 aliphatic carbocycles. The fourth-order valence-electron chi connectivity index (χ4n) is 10.0. The van der Waals surface area contributed by atoms with Crippen molar-refractivity contribution in [3.63, 3.8) is 0 Å². The Kier molecular flexibility index (Phi) is 7.65. The van der Waals surface area contributed by atoms with Gasteiger partial charge in [0, 0.05) is 16.8 Å². The van der Waals surface area contributed by atoms with Crippen LogP contribution in [0.2, 0.25) is 0 Å². The number of nitrogens with zero attached hydrogens (tertiary/aromatic N) is 1. The summed E-state index contributed by atoms with van der Waals surface area (Å²) in [5.41, 5.74) is 12.0. The van der Waals surface area contributed by atoms with Crippen molar-refractivity contribution in [3.8, 4) is 0 Å². The molecule has 0 atom stereocenters. The van der Waals surface area contributed by atoms with Crippen molar-refractivity contribution >= 4 is 104 Å². The van der Waals surface area contributed by atoms with Gasteiger partial charge in [-0.15, -0.1) is 0 Å². The minimum atomic E-state index is 1.12. The molecule has 0 aliphatic heterocycles. The number of benzene rings is 12. The van der Waals surface area contributed by atoms with Crippen LogP contribution in [0.3, 0.4) is 0 Å². The monoisotopic (exact) mass is 763 g/mol. The van der Waals surface area contributed by atoms with Crippen molar-refractivity contribution in [3.05, 3.63) is 221 Å². The van der Waals surface area contributed by atoms with Gasteiger partial charge in [-0.05, 0) is 149 Å². The molecule has 0 aliphatic rings. The molecule has 282 valence electrons. The number of fused-ring (bicyclic) bond motifs is 4. The van der Waals surface area contributed by atoms with Gasteiger partial charge in [0.05, 0.1) is 5.69 Å². The van der Waals surface area contributed by atoms with Crippen LogP contribution in [-0.4, -0.2) is 0 Å². The molecule has 0 fully saturated rings. The zero-order valence-electron chi connectivity index (χ0n) is 33.9. The highest BCUT2D eigenvalue weighted by molar-refractivity contribution is 6.42. The fraction of sp³-hybridized carbons (Fsp3) is 0.0508. The van der Waals surface area contributed by atoms with Crippen LogP contribution in [0.4, 0.5) is 17.1 Å². The van der Waals surface area contributed by atoms with E-state index in [2.05, 4.69) is 220 Å². The van der Waals surface area contributed by atoms with E-state index in [0.29, 0.717) is 0 Å². The first-order chi connectivity index (χ1) is 29.5. The van der Waals surface area contributed by atoms with E-state index < -0.39 is 0 Å².